The predicted octanol–water partition coefficient (Wildman–Crippen LogP) is 3.59. The third-order valence-electron chi connectivity index (χ3n) is 2.92. The van der Waals surface area contributed by atoms with E-state index in [4.69, 9.17) is 9.47 Å². The summed E-state index contributed by atoms with van der Waals surface area (Å²) in [7, 11) is 3.12. The highest BCUT2D eigenvalue weighted by molar-refractivity contribution is 14.1. The zero-order valence-corrected chi connectivity index (χ0v) is 17.0. The largest absolute Gasteiger partial charge is 0.495 e. The number of ether oxygens (including phenoxy) is 2. The summed E-state index contributed by atoms with van der Waals surface area (Å²) in [5.41, 5.74) is 0.788. The Morgan fingerprint density at radius 2 is 2.00 bits per heavy atom. The first-order valence-corrected chi connectivity index (χ1v) is 9.22. The number of imide groups is 1. The zero-order valence-electron chi connectivity index (χ0n) is 11.9. The number of carbonyl (C=O) groups is 2. The van der Waals surface area contributed by atoms with E-state index in [0.717, 1.165) is 24.5 Å². The minimum atomic E-state index is -0.289. The van der Waals surface area contributed by atoms with Crippen molar-refractivity contribution in [2.75, 3.05) is 27.4 Å². The average molecular weight is 545 g/mol. The van der Waals surface area contributed by atoms with E-state index in [-0.39, 0.29) is 17.7 Å². The monoisotopic (exact) mass is 545 g/mol. The number of benzene rings is 1. The number of hydrogen-bond donors (Lipinski definition) is 0. The molecular formula is C14H13I2NO4S. The number of methoxy groups -OCH3 is 2. The van der Waals surface area contributed by atoms with Gasteiger partial charge < -0.3 is 9.47 Å². The lowest BCUT2D eigenvalue weighted by Crippen LogP contribution is -2.31. The van der Waals surface area contributed by atoms with Crippen molar-refractivity contribution >= 4 is 74.2 Å². The van der Waals surface area contributed by atoms with Gasteiger partial charge in [0.15, 0.2) is 0 Å². The van der Waals surface area contributed by atoms with E-state index in [9.17, 15) is 9.59 Å². The summed E-state index contributed by atoms with van der Waals surface area (Å²) in [6, 6.07) is 3.91. The molecule has 0 spiro atoms. The SMILES string of the molecule is COCCN1C(=O)S/C(=C/c2cc(I)cc(I)c2OC)C1=O. The molecule has 118 valence electrons. The van der Waals surface area contributed by atoms with E-state index in [1.54, 1.807) is 13.2 Å². The van der Waals surface area contributed by atoms with Crippen molar-refractivity contribution in [3.8, 4) is 5.75 Å². The first-order valence-electron chi connectivity index (χ1n) is 6.25. The van der Waals surface area contributed by atoms with Crippen molar-refractivity contribution in [3.05, 3.63) is 29.7 Å². The van der Waals surface area contributed by atoms with Crippen LogP contribution in [-0.2, 0) is 9.53 Å². The lowest BCUT2D eigenvalue weighted by atomic mass is 10.2. The Labute approximate surface area is 160 Å². The number of thioether (sulfide) groups is 1. The molecule has 2 rings (SSSR count). The third-order valence-corrected chi connectivity index (χ3v) is 5.25. The maximum Gasteiger partial charge on any atom is 0.293 e. The van der Waals surface area contributed by atoms with Crippen molar-refractivity contribution in [1.82, 2.24) is 4.90 Å². The van der Waals surface area contributed by atoms with E-state index in [1.165, 1.54) is 12.0 Å². The maximum atomic E-state index is 12.3. The average Bonchev–Trinajstić information content (AvgIpc) is 2.71. The van der Waals surface area contributed by atoms with Crippen molar-refractivity contribution < 1.29 is 19.1 Å². The molecule has 1 saturated heterocycles. The topological polar surface area (TPSA) is 55.8 Å². The second-order valence-electron chi connectivity index (χ2n) is 4.34. The van der Waals surface area contributed by atoms with Gasteiger partial charge >= 0.3 is 0 Å². The van der Waals surface area contributed by atoms with E-state index >= 15 is 0 Å². The third kappa shape index (κ3) is 3.95. The standard InChI is InChI=1S/C14H13I2NO4S/c1-20-4-3-17-13(18)11(22-14(17)19)6-8-5-9(15)7-10(16)12(8)21-2/h5-7H,3-4H2,1-2H3/b11-6+. The molecule has 2 amide bonds. The molecule has 0 radical (unpaired) electrons. The molecule has 1 aromatic rings. The molecule has 22 heavy (non-hydrogen) atoms. The molecule has 0 bridgehead atoms. The minimum Gasteiger partial charge on any atom is -0.495 e. The van der Waals surface area contributed by atoms with Crippen LogP contribution in [-0.4, -0.2) is 43.4 Å². The number of hydrogen-bond acceptors (Lipinski definition) is 5. The molecule has 1 aliphatic rings. The first-order chi connectivity index (χ1) is 10.5. The van der Waals surface area contributed by atoms with E-state index < -0.39 is 0 Å². The second kappa shape index (κ2) is 7.97. The van der Waals surface area contributed by atoms with Gasteiger partial charge in [0, 0.05) is 16.2 Å². The fourth-order valence-electron chi connectivity index (χ4n) is 1.92. The van der Waals surface area contributed by atoms with Crippen LogP contribution in [0.25, 0.3) is 6.08 Å². The molecular weight excluding hydrogens is 532 g/mol. The maximum absolute atomic E-state index is 12.3. The summed E-state index contributed by atoms with van der Waals surface area (Å²) >= 11 is 5.33. The van der Waals surface area contributed by atoms with E-state index in [1.807, 2.05) is 12.1 Å². The predicted molar refractivity (Wildman–Crippen MR) is 103 cm³/mol. The van der Waals surface area contributed by atoms with Gasteiger partial charge in [0.1, 0.15) is 5.75 Å². The highest BCUT2D eigenvalue weighted by atomic mass is 127. The first kappa shape index (κ1) is 18.0. The number of nitrogens with zero attached hydrogens (tertiary/aromatic N) is 1. The van der Waals surface area contributed by atoms with Crippen LogP contribution in [0.1, 0.15) is 5.56 Å². The summed E-state index contributed by atoms with van der Waals surface area (Å²) < 4.78 is 12.3. The summed E-state index contributed by atoms with van der Waals surface area (Å²) in [5.74, 6) is 0.410. The number of carbonyl (C=O) groups excluding carboxylic acids is 2. The molecule has 1 fully saturated rings. The molecule has 0 unspecified atom stereocenters. The van der Waals surface area contributed by atoms with Crippen LogP contribution in [0.4, 0.5) is 4.79 Å². The van der Waals surface area contributed by atoms with Crippen LogP contribution < -0.4 is 4.74 Å². The normalized spacial score (nSPS) is 16.7. The van der Waals surface area contributed by atoms with Gasteiger partial charge in [-0.1, -0.05) is 0 Å². The molecule has 0 aliphatic carbocycles. The van der Waals surface area contributed by atoms with Crippen LogP contribution in [0.3, 0.4) is 0 Å². The van der Waals surface area contributed by atoms with Crippen LogP contribution in [0.15, 0.2) is 17.0 Å². The van der Waals surface area contributed by atoms with Gasteiger partial charge in [-0.2, -0.15) is 0 Å². The highest BCUT2D eigenvalue weighted by Gasteiger charge is 2.34. The molecule has 8 heteroatoms. The summed E-state index contributed by atoms with van der Waals surface area (Å²) in [4.78, 5) is 25.8. The fourth-order valence-corrected chi connectivity index (χ4v) is 4.89. The zero-order chi connectivity index (χ0) is 16.3. The Kier molecular flexibility index (Phi) is 6.53. The number of amides is 2. The van der Waals surface area contributed by atoms with Crippen molar-refractivity contribution in [2.45, 2.75) is 0 Å². The van der Waals surface area contributed by atoms with Gasteiger partial charge in [-0.05, 0) is 75.2 Å². The van der Waals surface area contributed by atoms with Crippen LogP contribution in [0, 0.1) is 7.14 Å². The lowest BCUT2D eigenvalue weighted by molar-refractivity contribution is -0.123. The van der Waals surface area contributed by atoms with Crippen molar-refractivity contribution in [1.29, 1.82) is 0 Å². The van der Waals surface area contributed by atoms with Crippen LogP contribution in [0.5, 0.6) is 5.75 Å². The Morgan fingerprint density at radius 1 is 1.27 bits per heavy atom. The quantitative estimate of drug-likeness (QED) is 0.419. The molecule has 0 atom stereocenters. The smallest absolute Gasteiger partial charge is 0.293 e. The molecule has 1 heterocycles. The van der Waals surface area contributed by atoms with Gasteiger partial charge in [-0.15, -0.1) is 0 Å². The summed E-state index contributed by atoms with van der Waals surface area (Å²) in [6.07, 6.45) is 1.71. The Bertz CT molecular complexity index is 648. The molecule has 1 aromatic carbocycles. The Morgan fingerprint density at radius 3 is 2.64 bits per heavy atom. The van der Waals surface area contributed by atoms with Crippen molar-refractivity contribution in [3.63, 3.8) is 0 Å². The van der Waals surface area contributed by atoms with Crippen LogP contribution >= 0.6 is 56.9 Å². The van der Waals surface area contributed by atoms with E-state index in [0.29, 0.717) is 17.3 Å². The lowest BCUT2D eigenvalue weighted by Gasteiger charge is -2.11. The highest BCUT2D eigenvalue weighted by Crippen LogP contribution is 2.35. The van der Waals surface area contributed by atoms with Gasteiger partial charge in [-0.3, -0.25) is 14.5 Å². The molecule has 0 saturated carbocycles. The Hall–Kier alpha value is -0.330. The fraction of sp³-hybridized carbons (Fsp3) is 0.286. The molecule has 1 aliphatic heterocycles. The molecule has 0 aromatic heterocycles. The van der Waals surface area contributed by atoms with Crippen LogP contribution in [0.2, 0.25) is 0 Å². The van der Waals surface area contributed by atoms with Gasteiger partial charge in [0.25, 0.3) is 11.1 Å². The molecule has 5 nitrogen and oxygen atoms in total. The van der Waals surface area contributed by atoms with Gasteiger partial charge in [-0.25, -0.2) is 0 Å². The second-order valence-corrected chi connectivity index (χ2v) is 7.74. The summed E-state index contributed by atoms with van der Waals surface area (Å²) in [5, 5.41) is -0.271. The van der Waals surface area contributed by atoms with E-state index in [2.05, 4.69) is 45.2 Å². The number of halogens is 2. The van der Waals surface area contributed by atoms with Crippen molar-refractivity contribution in [2.24, 2.45) is 0 Å². The minimum absolute atomic E-state index is 0.263. The summed E-state index contributed by atoms with van der Waals surface area (Å²) in [6.45, 7) is 0.593. The van der Waals surface area contributed by atoms with Gasteiger partial charge in [0.05, 0.1) is 28.7 Å². The van der Waals surface area contributed by atoms with Gasteiger partial charge in [0.2, 0.25) is 0 Å². The Balaban J connectivity index is 2.35. The number of rotatable bonds is 5. The molecule has 0 N–H and O–H groups in total.